The molecule has 2 aromatic carbocycles. The Bertz CT molecular complexity index is 1500. The van der Waals surface area contributed by atoms with Gasteiger partial charge in [0.25, 0.3) is 5.91 Å². The van der Waals surface area contributed by atoms with Crippen LogP contribution in [0.2, 0.25) is 0 Å². The smallest absolute Gasteiger partial charge is 0.407 e. The molecule has 288 valence electrons. The number of nitrogens with two attached hydrogens (primary N) is 1. The lowest BCUT2D eigenvalue weighted by molar-refractivity contribution is -0.144. The summed E-state index contributed by atoms with van der Waals surface area (Å²) in [5, 5.41) is 16.4. The number of benzene rings is 2. The number of aliphatic hydroxyl groups excluding tert-OH is 1. The molecule has 4 atom stereocenters. The van der Waals surface area contributed by atoms with Crippen LogP contribution in [0.15, 0.2) is 54.4 Å². The highest BCUT2D eigenvalue weighted by Gasteiger charge is 2.35. The van der Waals surface area contributed by atoms with Crippen molar-refractivity contribution in [1.29, 1.82) is 0 Å². The third kappa shape index (κ3) is 13.1. The van der Waals surface area contributed by atoms with Crippen LogP contribution in [0.1, 0.15) is 66.7 Å². The zero-order valence-electron chi connectivity index (χ0n) is 31.5. The van der Waals surface area contributed by atoms with Gasteiger partial charge >= 0.3 is 6.09 Å². The number of methoxy groups -OCH3 is 1. The number of ether oxygens (including phenoxy) is 3. The largest absolute Gasteiger partial charge is 0.447 e. The van der Waals surface area contributed by atoms with Gasteiger partial charge in [-0.05, 0) is 43.1 Å². The average Bonchev–Trinajstić information content (AvgIpc) is 3.53. The van der Waals surface area contributed by atoms with E-state index in [1.807, 2.05) is 75.1 Å². The molecule has 3 rings (SSSR count). The van der Waals surface area contributed by atoms with E-state index < -0.39 is 36.1 Å². The first-order chi connectivity index (χ1) is 24.8. The van der Waals surface area contributed by atoms with Crippen molar-refractivity contribution in [1.82, 2.24) is 20.7 Å². The Balaban J connectivity index is 1.96. The minimum atomic E-state index is -1.23. The minimum Gasteiger partial charge on any atom is -0.447 e. The number of carbonyl (C=O) groups is 4. The van der Waals surface area contributed by atoms with E-state index >= 15 is 0 Å². The van der Waals surface area contributed by atoms with Gasteiger partial charge in [-0.15, -0.1) is 0 Å². The minimum absolute atomic E-state index is 0.0102. The summed E-state index contributed by atoms with van der Waals surface area (Å²) in [6, 6.07) is 11.6. The van der Waals surface area contributed by atoms with Crippen molar-refractivity contribution in [2.75, 3.05) is 51.7 Å². The van der Waals surface area contributed by atoms with Gasteiger partial charge in [0.05, 0.1) is 44.1 Å². The summed E-state index contributed by atoms with van der Waals surface area (Å²) in [7, 11) is 1.55. The van der Waals surface area contributed by atoms with Crippen LogP contribution in [-0.4, -0.2) is 104 Å². The Morgan fingerprint density at radius 2 is 1.69 bits per heavy atom. The maximum absolute atomic E-state index is 14.5. The molecule has 0 aliphatic carbocycles. The second kappa shape index (κ2) is 21.3. The predicted molar refractivity (Wildman–Crippen MR) is 199 cm³/mol. The van der Waals surface area contributed by atoms with E-state index in [1.165, 1.54) is 9.91 Å². The van der Waals surface area contributed by atoms with Crippen LogP contribution in [0.4, 0.5) is 10.5 Å². The molecule has 0 aromatic heterocycles. The Labute approximate surface area is 307 Å². The van der Waals surface area contributed by atoms with E-state index in [9.17, 15) is 24.3 Å². The first-order valence-electron chi connectivity index (χ1n) is 18.1. The number of hydrogen-bond acceptors (Lipinski definition) is 10. The average molecular weight is 727 g/mol. The molecule has 14 nitrogen and oxygen atoms in total. The molecule has 0 spiro atoms. The van der Waals surface area contributed by atoms with E-state index in [2.05, 4.69) is 10.7 Å². The summed E-state index contributed by atoms with van der Waals surface area (Å²) < 4.78 is 15.7. The summed E-state index contributed by atoms with van der Waals surface area (Å²) in [5.74, 6) is -1.07. The molecule has 0 saturated heterocycles. The first-order valence-corrected chi connectivity index (χ1v) is 18.1. The Hall–Kier alpha value is -4.24. The van der Waals surface area contributed by atoms with Gasteiger partial charge in [0.2, 0.25) is 11.8 Å². The lowest BCUT2D eigenvalue weighted by atomic mass is 10.0. The summed E-state index contributed by atoms with van der Waals surface area (Å²) in [6.07, 6.45) is 1.59. The standard InChI is InChI=1S/C38H58N6O8/c1-7-27(4)23-44(41-35(46)22-31(45)16-15-26(2)3)37(48)33(40-38(49)52-20-19-51-18-17-50-6)21-30-24-42(36(47)28(5)39)25-43(30)34-14-10-12-29-11-8-9-13-32(29)34/h8-14,24,26-28,31,33,45H,7,15-23,25,39H2,1-6H3,(H,40,49)(H,41,46)/t27?,28-,31-,33-/m0/s1. The lowest BCUT2D eigenvalue weighted by Gasteiger charge is -2.32. The van der Waals surface area contributed by atoms with Gasteiger partial charge in [0, 0.05) is 37.4 Å². The number of anilines is 1. The number of carbonyl (C=O) groups excluding carboxylic acids is 4. The normalized spacial score (nSPS) is 15.2. The zero-order chi connectivity index (χ0) is 38.2. The van der Waals surface area contributed by atoms with Crippen molar-refractivity contribution in [3.8, 4) is 0 Å². The third-order valence-electron chi connectivity index (χ3n) is 8.79. The molecule has 14 heteroatoms. The first kappa shape index (κ1) is 42.2. The van der Waals surface area contributed by atoms with Crippen LogP contribution in [0.5, 0.6) is 0 Å². The number of hydrazine groups is 1. The molecule has 1 heterocycles. The van der Waals surface area contributed by atoms with E-state index in [0.717, 1.165) is 22.9 Å². The van der Waals surface area contributed by atoms with Crippen molar-refractivity contribution < 1.29 is 38.5 Å². The molecular weight excluding hydrogens is 668 g/mol. The molecule has 2 aromatic rings. The lowest BCUT2D eigenvalue weighted by Crippen LogP contribution is -2.56. The molecule has 4 amide bonds. The van der Waals surface area contributed by atoms with Gasteiger partial charge in [-0.3, -0.25) is 29.7 Å². The number of nitrogens with zero attached hydrogens (tertiary/aromatic N) is 3. The summed E-state index contributed by atoms with van der Waals surface area (Å²) in [5.41, 5.74) is 10.1. The highest BCUT2D eigenvalue weighted by atomic mass is 16.6. The highest BCUT2D eigenvalue weighted by Crippen LogP contribution is 2.34. The van der Waals surface area contributed by atoms with Gasteiger partial charge in [-0.2, -0.15) is 0 Å². The maximum atomic E-state index is 14.5. The number of nitrogens with one attached hydrogen (secondary N) is 2. The maximum Gasteiger partial charge on any atom is 0.407 e. The van der Waals surface area contributed by atoms with Gasteiger partial charge in [-0.25, -0.2) is 4.79 Å². The zero-order valence-corrected chi connectivity index (χ0v) is 31.5. The second-order valence-corrected chi connectivity index (χ2v) is 13.8. The molecule has 0 radical (unpaired) electrons. The molecule has 0 bridgehead atoms. The van der Waals surface area contributed by atoms with Gasteiger partial charge in [-0.1, -0.05) is 70.5 Å². The van der Waals surface area contributed by atoms with Crippen LogP contribution in [-0.2, 0) is 28.6 Å². The third-order valence-corrected chi connectivity index (χ3v) is 8.79. The van der Waals surface area contributed by atoms with Crippen molar-refractivity contribution in [3.05, 3.63) is 54.4 Å². The van der Waals surface area contributed by atoms with Crippen LogP contribution in [0, 0.1) is 11.8 Å². The summed E-state index contributed by atoms with van der Waals surface area (Å²) >= 11 is 0. The Morgan fingerprint density at radius 3 is 2.38 bits per heavy atom. The number of alkyl carbamates (subject to hydrolysis) is 1. The number of rotatable bonds is 20. The molecule has 1 unspecified atom stereocenters. The topological polar surface area (TPSA) is 176 Å². The van der Waals surface area contributed by atoms with Gasteiger partial charge in [0.1, 0.15) is 19.3 Å². The number of fused-ring (bicyclic) bond motifs is 1. The van der Waals surface area contributed by atoms with Crippen molar-refractivity contribution >= 4 is 40.3 Å². The molecule has 1 aliphatic heterocycles. The number of hydrogen-bond donors (Lipinski definition) is 4. The van der Waals surface area contributed by atoms with Crippen LogP contribution in [0.25, 0.3) is 10.8 Å². The van der Waals surface area contributed by atoms with E-state index in [-0.39, 0.29) is 51.1 Å². The Kier molecular flexibility index (Phi) is 17.3. The molecule has 0 fully saturated rings. The quantitative estimate of drug-likeness (QED) is 0.116. The SMILES string of the molecule is CCC(C)CN(NC(=O)C[C@@H](O)CCC(C)C)C(=O)[C@H](CC1=CN(C(=O)[C@H](C)N)CN1c1cccc2ccccc12)NC(=O)OCCOCCOC. The number of amides is 4. The Morgan fingerprint density at radius 1 is 0.981 bits per heavy atom. The molecule has 1 aliphatic rings. The van der Waals surface area contributed by atoms with E-state index in [1.54, 1.807) is 20.2 Å². The molecular formula is C38H58N6O8. The highest BCUT2D eigenvalue weighted by molar-refractivity contribution is 5.96. The molecule has 0 saturated carbocycles. The van der Waals surface area contributed by atoms with Crippen LogP contribution >= 0.6 is 0 Å². The fourth-order valence-corrected chi connectivity index (χ4v) is 5.65. The molecule has 52 heavy (non-hydrogen) atoms. The van der Waals surface area contributed by atoms with E-state index in [0.29, 0.717) is 37.7 Å². The second-order valence-electron chi connectivity index (χ2n) is 13.8. The van der Waals surface area contributed by atoms with Crippen molar-refractivity contribution in [3.63, 3.8) is 0 Å². The fourth-order valence-electron chi connectivity index (χ4n) is 5.65. The van der Waals surface area contributed by atoms with Crippen molar-refractivity contribution in [2.24, 2.45) is 17.6 Å². The van der Waals surface area contributed by atoms with E-state index in [4.69, 9.17) is 19.9 Å². The monoisotopic (exact) mass is 726 g/mol. The number of aliphatic hydroxyl groups is 1. The van der Waals surface area contributed by atoms with Crippen LogP contribution in [0.3, 0.4) is 0 Å². The molecule has 5 N–H and O–H groups in total. The predicted octanol–water partition coefficient (Wildman–Crippen LogP) is 3.88. The summed E-state index contributed by atoms with van der Waals surface area (Å²) in [4.78, 5) is 57.4. The van der Waals surface area contributed by atoms with Gasteiger partial charge in [0.15, 0.2) is 0 Å². The summed E-state index contributed by atoms with van der Waals surface area (Å²) in [6.45, 7) is 10.7. The fraction of sp³-hybridized carbons (Fsp3) is 0.579. The van der Waals surface area contributed by atoms with Crippen molar-refractivity contribution in [2.45, 2.75) is 84.9 Å². The van der Waals surface area contributed by atoms with Crippen LogP contribution < -0.4 is 21.4 Å². The van der Waals surface area contributed by atoms with Gasteiger partial charge < -0.3 is 35.3 Å².